The molecule has 0 spiro atoms. The van der Waals surface area contributed by atoms with Crippen LogP contribution in [0.5, 0.6) is 0 Å². The van der Waals surface area contributed by atoms with Gasteiger partial charge in [-0.25, -0.2) is 14.4 Å². The summed E-state index contributed by atoms with van der Waals surface area (Å²) in [6, 6.07) is 22.1. The molecule has 0 radical (unpaired) electrons. The monoisotopic (exact) mass is 1510 g/mol. The Labute approximate surface area is 583 Å². The zero-order valence-electron chi connectivity index (χ0n) is 61.2. The van der Waals surface area contributed by atoms with Crippen molar-refractivity contribution in [2.75, 3.05) is 13.2 Å². The Bertz CT molecular complexity index is 2820. The van der Waals surface area contributed by atoms with Gasteiger partial charge < -0.3 is 51.2 Å². The number of ether oxygens (including phenoxy) is 3. The lowest BCUT2D eigenvalue weighted by Gasteiger charge is -2.48. The molecule has 0 amide bonds. The molecule has 534 valence electrons. The summed E-state index contributed by atoms with van der Waals surface area (Å²) >= 11 is 0. The van der Waals surface area contributed by atoms with E-state index in [1.807, 2.05) is 36.4 Å². The van der Waals surface area contributed by atoms with Crippen molar-refractivity contribution in [3.8, 4) is 12.1 Å². The molecule has 0 saturated carbocycles. The van der Waals surface area contributed by atoms with Crippen LogP contribution in [0.15, 0.2) is 85.5 Å². The molecule has 2 aromatic rings. The molecule has 1 heterocycles. The van der Waals surface area contributed by atoms with Gasteiger partial charge in [0, 0.05) is 24.0 Å². The number of hydrogen-bond donors (Lipinski definition) is 0. The summed E-state index contributed by atoms with van der Waals surface area (Å²) in [6.45, 7) is 66.0. The van der Waals surface area contributed by atoms with E-state index in [1.165, 1.54) is 30.0 Å². The highest BCUT2D eigenvalue weighted by Gasteiger charge is 2.58. The van der Waals surface area contributed by atoms with Crippen LogP contribution in [0.2, 0.25) is 182 Å². The number of carbonyl (C=O) groups excluding carboxylic acids is 4. The minimum absolute atomic E-state index is 0. The summed E-state index contributed by atoms with van der Waals surface area (Å²) in [5.41, 5.74) is 3.24. The first-order valence-corrected chi connectivity index (χ1v) is 67.4. The van der Waals surface area contributed by atoms with E-state index in [2.05, 4.69) is 213 Å². The molecular formula is C64H124N2O16Si12. The average molecular weight is 1510 g/mol. The Morgan fingerprint density at radius 2 is 0.989 bits per heavy atom. The van der Waals surface area contributed by atoms with Crippen LogP contribution in [-0.2, 0) is 70.4 Å². The van der Waals surface area contributed by atoms with Crippen LogP contribution in [0, 0.1) is 28.1 Å². The average Bonchev–Trinajstić information content (AvgIpc) is 0.730. The van der Waals surface area contributed by atoms with Gasteiger partial charge in [0.2, 0.25) is 0 Å². The Hall–Kier alpha value is -3.04. The maximum atomic E-state index is 12.8. The largest absolute Gasteiger partial charge is 0.462 e. The standard InChI is InChI=1S/C21H17NO2.C16H35NO5Si4.C12H34O3Si4.C9H28O3Si4.C4H2O3.2CH4/c1-2-11-24-20(23)21(13-22)12-18-14-7-3-5-9-16(14)19(21)17-10-6-4-8-15(17)18;1-15(14-17)16(18)19-12-11-13-26(10,21-24(5,6)7)22-25(8,9)20-23(2,3)4;1-10-11-12-19(9,14-17(4,5)6)15-18(7,8)13-16(2)3;1-13(10-14(2,3)4)11-16(8,9)12-15(5,6)7;5-3-1-2-4(6)7-3;;/h2-10,18-19H,1,11-12H2;1,11-13H2,2-10H3;16H,10-12H2,1-9H3;13H,1-9H3;1-2H;2*1H4. The molecule has 4 unspecified atom stereocenters. The predicted molar refractivity (Wildman–Crippen MR) is 413 cm³/mol. The lowest BCUT2D eigenvalue weighted by atomic mass is 9.52. The Morgan fingerprint density at radius 3 is 1.35 bits per heavy atom. The summed E-state index contributed by atoms with van der Waals surface area (Å²) in [5.74, 6) is -2.49. The zero-order chi connectivity index (χ0) is 71.3. The second-order valence-corrected chi connectivity index (χ2v) is 76.1. The number of benzene rings is 2. The third-order valence-electron chi connectivity index (χ3n) is 12.8. The number of hydrogen-bond acceptors (Lipinski definition) is 18. The Morgan fingerprint density at radius 1 is 0.585 bits per heavy atom. The quantitative estimate of drug-likeness (QED) is 0.0108. The predicted octanol–water partition coefficient (Wildman–Crippen LogP) is 17.0. The molecule has 4 aliphatic rings. The number of nitriles is 2. The molecule has 0 N–H and O–H groups in total. The van der Waals surface area contributed by atoms with E-state index in [0.29, 0.717) is 18.9 Å². The topological polar surface area (TPSA) is 227 Å². The van der Waals surface area contributed by atoms with E-state index in [1.54, 1.807) is 6.07 Å². The number of nitrogens with zero attached hydrogens (tertiary/aromatic N) is 2. The van der Waals surface area contributed by atoms with Gasteiger partial charge in [-0.1, -0.05) is 102 Å². The summed E-state index contributed by atoms with van der Waals surface area (Å²) in [4.78, 5) is 44.2. The number of rotatable bonds is 29. The minimum atomic E-state index is -2.49. The van der Waals surface area contributed by atoms with E-state index in [9.17, 15) is 24.4 Å². The zero-order valence-corrected chi connectivity index (χ0v) is 73.5. The molecule has 0 saturated heterocycles. The van der Waals surface area contributed by atoms with Crippen molar-refractivity contribution in [1.82, 2.24) is 0 Å². The first-order valence-electron chi connectivity index (χ1n) is 32.0. The van der Waals surface area contributed by atoms with Gasteiger partial charge in [-0.3, -0.25) is 4.79 Å². The van der Waals surface area contributed by atoms with Gasteiger partial charge >= 0.3 is 66.7 Å². The van der Waals surface area contributed by atoms with Gasteiger partial charge in [-0.15, -0.1) is 0 Å². The highest BCUT2D eigenvalue weighted by atomic mass is 28.5. The minimum Gasteiger partial charge on any atom is -0.462 e. The number of carbonyl (C=O) groups is 4. The molecule has 0 aromatic heterocycles. The lowest BCUT2D eigenvalue weighted by molar-refractivity contribution is -0.153. The Balaban J connectivity index is 0. The van der Waals surface area contributed by atoms with Crippen LogP contribution in [0.4, 0.5) is 0 Å². The van der Waals surface area contributed by atoms with Crippen molar-refractivity contribution in [3.05, 3.63) is 108 Å². The molecule has 0 fully saturated rings. The van der Waals surface area contributed by atoms with Crippen molar-refractivity contribution in [1.29, 1.82) is 10.5 Å². The van der Waals surface area contributed by atoms with Crippen LogP contribution in [0.1, 0.15) is 81.5 Å². The fourth-order valence-electron chi connectivity index (χ4n) is 11.4. The second-order valence-electron chi connectivity index (χ2n) is 30.0. The molecule has 1 aliphatic heterocycles. The summed E-state index contributed by atoms with van der Waals surface area (Å²) in [5, 5.41) is 18.7. The molecule has 3 aliphatic carbocycles. The van der Waals surface area contributed by atoms with Crippen molar-refractivity contribution in [2.45, 2.75) is 242 Å². The van der Waals surface area contributed by atoms with Crippen molar-refractivity contribution in [2.24, 2.45) is 5.41 Å². The maximum absolute atomic E-state index is 12.8. The third-order valence-corrected chi connectivity index (χ3v) is 51.8. The van der Waals surface area contributed by atoms with Gasteiger partial charge in [0.25, 0.3) is 9.28 Å². The number of unbranched alkanes of at least 4 members (excludes halogenated alkanes) is 1. The van der Waals surface area contributed by atoms with Gasteiger partial charge in [0.1, 0.15) is 18.2 Å². The highest BCUT2D eigenvalue weighted by Crippen LogP contribution is 2.61. The van der Waals surface area contributed by atoms with Crippen LogP contribution in [-0.4, -0.2) is 140 Å². The SMILES string of the molecule is C.C.C=C(C#N)C(=O)OCCC[Si](C)(O[Si](C)(C)C)O[Si](C)(C)O[Si](C)(C)C.C=CCOC(=O)C1(C#N)CC2c3ccccc3C1c1ccccc12.CCCC[Si](C)(O[Si](C)(C)C)O[Si](C)(C)O[SiH](C)C.C[SiH](O[Si](C)(C)C)O[Si](C)(C)O[Si](C)(C)C.O=C1C=CC(=O)O1. The first kappa shape index (κ1) is 93.0. The van der Waals surface area contributed by atoms with Crippen molar-refractivity contribution < 1.29 is 70.4 Å². The van der Waals surface area contributed by atoms with Gasteiger partial charge in [-0.05, 0) is 217 Å². The highest BCUT2D eigenvalue weighted by molar-refractivity contribution is 6.90. The van der Waals surface area contributed by atoms with E-state index < -0.39 is 132 Å². The summed E-state index contributed by atoms with van der Waals surface area (Å²) in [7, 11) is -21.5. The molecule has 2 bridgehead atoms. The molecule has 18 nitrogen and oxygen atoms in total. The summed E-state index contributed by atoms with van der Waals surface area (Å²) < 4.78 is 71.1. The van der Waals surface area contributed by atoms with E-state index in [0.717, 1.165) is 29.3 Å². The Kier molecular flexibility index (Phi) is 38.7. The second kappa shape index (κ2) is 39.1. The van der Waals surface area contributed by atoms with Crippen LogP contribution in [0.25, 0.3) is 0 Å². The smallest absolute Gasteiger partial charge is 0.348 e. The lowest BCUT2D eigenvalue weighted by Crippen LogP contribution is -2.56. The molecular weight excluding hydrogens is 1390 g/mol. The molecule has 94 heavy (non-hydrogen) atoms. The van der Waals surface area contributed by atoms with Crippen molar-refractivity contribution >= 4 is 127 Å². The van der Waals surface area contributed by atoms with Crippen LogP contribution >= 0.6 is 0 Å². The van der Waals surface area contributed by atoms with Crippen LogP contribution in [0.3, 0.4) is 0 Å². The van der Waals surface area contributed by atoms with E-state index >= 15 is 0 Å². The fourth-order valence-corrected chi connectivity index (χ4v) is 60.6. The van der Waals surface area contributed by atoms with Crippen LogP contribution < -0.4 is 0 Å². The van der Waals surface area contributed by atoms with Gasteiger partial charge in [0.15, 0.2) is 56.0 Å². The number of cyclic esters (lactones) is 2. The first-order chi connectivity index (χ1) is 41.7. The number of fused-ring (bicyclic) bond motifs is 1. The molecule has 4 atom stereocenters. The summed E-state index contributed by atoms with van der Waals surface area (Å²) in [6.07, 6.45) is 7.18. The van der Waals surface area contributed by atoms with E-state index in [-0.39, 0.29) is 45.5 Å². The van der Waals surface area contributed by atoms with Crippen molar-refractivity contribution in [3.63, 3.8) is 0 Å². The molecule has 6 rings (SSSR count). The van der Waals surface area contributed by atoms with Gasteiger partial charge in [0.05, 0.1) is 12.7 Å². The molecule has 2 aromatic carbocycles. The van der Waals surface area contributed by atoms with Gasteiger partial charge in [-0.2, -0.15) is 10.5 Å². The third kappa shape index (κ3) is 36.2. The fraction of sp³-hybridized carbons (Fsp3) is 0.625. The number of esters is 4. The normalized spacial score (nSPS) is 18.3. The van der Waals surface area contributed by atoms with E-state index in [4.69, 9.17) is 51.8 Å². The maximum Gasteiger partial charge on any atom is 0.348 e. The molecule has 30 heteroatoms.